The molecule has 1 aromatic heterocycles. The predicted molar refractivity (Wildman–Crippen MR) is 74.8 cm³/mol. The van der Waals surface area contributed by atoms with Gasteiger partial charge in [-0.2, -0.15) is 10.3 Å². The second kappa shape index (κ2) is 6.55. The van der Waals surface area contributed by atoms with Crippen molar-refractivity contribution < 1.29 is 4.79 Å². The van der Waals surface area contributed by atoms with E-state index in [1.54, 1.807) is 18.3 Å². The Labute approximate surface area is 120 Å². The maximum Gasteiger partial charge on any atom is 0.262 e. The lowest BCUT2D eigenvalue weighted by Crippen LogP contribution is -2.24. The molecule has 1 saturated heterocycles. The molecule has 1 amide bonds. The first-order chi connectivity index (χ1) is 9.19. The summed E-state index contributed by atoms with van der Waals surface area (Å²) in [6.07, 6.45) is 1.53. The molecular formula is C12H11ClN4OS. The first-order valence-electron chi connectivity index (χ1n) is 5.65. The summed E-state index contributed by atoms with van der Waals surface area (Å²) < 4.78 is 0. The van der Waals surface area contributed by atoms with Crippen LogP contribution in [-0.2, 0) is 11.3 Å². The molecular weight excluding hydrogens is 284 g/mol. The topological polar surface area (TPSA) is 69.3 Å². The van der Waals surface area contributed by atoms with Gasteiger partial charge in [0.1, 0.15) is 11.6 Å². The Morgan fingerprint density at radius 2 is 2.47 bits per heavy atom. The molecule has 7 heteroatoms. The number of amides is 1. The van der Waals surface area contributed by atoms with Crippen molar-refractivity contribution in [2.24, 2.45) is 4.99 Å². The van der Waals surface area contributed by atoms with E-state index >= 15 is 0 Å². The van der Waals surface area contributed by atoms with E-state index in [0.29, 0.717) is 16.9 Å². The highest BCUT2D eigenvalue weighted by Crippen LogP contribution is 2.21. The van der Waals surface area contributed by atoms with Crippen LogP contribution in [0, 0.1) is 11.3 Å². The molecule has 19 heavy (non-hydrogen) atoms. The maximum atomic E-state index is 11.4. The van der Waals surface area contributed by atoms with Crippen molar-refractivity contribution in [3.63, 3.8) is 0 Å². The van der Waals surface area contributed by atoms with Crippen LogP contribution in [0.15, 0.2) is 23.3 Å². The summed E-state index contributed by atoms with van der Waals surface area (Å²) in [4.78, 5) is 21.3. The number of aromatic nitrogens is 1. The van der Waals surface area contributed by atoms with E-state index in [1.807, 2.05) is 11.0 Å². The number of rotatable bonds is 3. The van der Waals surface area contributed by atoms with Crippen LogP contribution in [0.5, 0.6) is 0 Å². The van der Waals surface area contributed by atoms with Gasteiger partial charge in [0.15, 0.2) is 5.17 Å². The minimum atomic E-state index is -0.397. The van der Waals surface area contributed by atoms with E-state index in [2.05, 4.69) is 9.98 Å². The number of aliphatic imine (C=N–C) groups is 1. The van der Waals surface area contributed by atoms with Crippen molar-refractivity contribution in [3.8, 4) is 6.07 Å². The van der Waals surface area contributed by atoms with E-state index < -0.39 is 5.91 Å². The van der Waals surface area contributed by atoms with Gasteiger partial charge in [-0.05, 0) is 11.6 Å². The molecule has 2 rings (SSSR count). The van der Waals surface area contributed by atoms with Crippen LogP contribution in [0.4, 0.5) is 0 Å². The fraction of sp³-hybridized carbons (Fsp3) is 0.333. The molecule has 0 radical (unpaired) electrons. The lowest BCUT2D eigenvalue weighted by Gasteiger charge is -2.17. The fourth-order valence-electron chi connectivity index (χ4n) is 1.62. The van der Waals surface area contributed by atoms with Gasteiger partial charge in [0, 0.05) is 25.0 Å². The minimum absolute atomic E-state index is 0.180. The number of hydrogen-bond acceptors (Lipinski definition) is 4. The van der Waals surface area contributed by atoms with Crippen molar-refractivity contribution in [1.29, 1.82) is 5.26 Å². The van der Waals surface area contributed by atoms with Gasteiger partial charge in [0.2, 0.25) is 0 Å². The first kappa shape index (κ1) is 13.8. The van der Waals surface area contributed by atoms with Gasteiger partial charge in [0.25, 0.3) is 5.91 Å². The van der Waals surface area contributed by atoms with Crippen molar-refractivity contribution in [1.82, 2.24) is 9.88 Å². The summed E-state index contributed by atoms with van der Waals surface area (Å²) in [5, 5.41) is 9.59. The highest BCUT2D eigenvalue weighted by molar-refractivity contribution is 8.14. The van der Waals surface area contributed by atoms with Crippen LogP contribution >= 0.6 is 23.4 Å². The third-order valence-electron chi connectivity index (χ3n) is 2.48. The van der Waals surface area contributed by atoms with E-state index in [1.165, 1.54) is 11.8 Å². The lowest BCUT2D eigenvalue weighted by molar-refractivity contribution is -0.116. The number of amidine groups is 1. The van der Waals surface area contributed by atoms with Crippen LogP contribution < -0.4 is 0 Å². The number of pyridine rings is 1. The van der Waals surface area contributed by atoms with E-state index in [0.717, 1.165) is 17.9 Å². The van der Waals surface area contributed by atoms with Gasteiger partial charge < -0.3 is 4.90 Å². The summed E-state index contributed by atoms with van der Waals surface area (Å²) in [5.41, 5.74) is 1.01. The van der Waals surface area contributed by atoms with Crippen LogP contribution in [-0.4, -0.2) is 33.3 Å². The quantitative estimate of drug-likeness (QED) is 0.798. The van der Waals surface area contributed by atoms with E-state index in [-0.39, 0.29) is 6.42 Å². The van der Waals surface area contributed by atoms with Gasteiger partial charge in [0.05, 0.1) is 6.07 Å². The zero-order valence-corrected chi connectivity index (χ0v) is 11.6. The van der Waals surface area contributed by atoms with E-state index in [9.17, 15) is 4.79 Å². The van der Waals surface area contributed by atoms with Gasteiger partial charge in [-0.25, -0.2) is 4.98 Å². The smallest absolute Gasteiger partial charge is 0.262 e. The molecule has 0 unspecified atom stereocenters. The molecule has 5 nitrogen and oxygen atoms in total. The SMILES string of the molecule is N#CCC(=O)N=C1SCCN1Cc1ccc(Cl)nc1. The second-order valence-electron chi connectivity index (χ2n) is 3.88. The van der Waals surface area contributed by atoms with Crippen LogP contribution in [0.2, 0.25) is 5.15 Å². The molecule has 2 heterocycles. The van der Waals surface area contributed by atoms with Crippen molar-refractivity contribution >= 4 is 34.4 Å². The van der Waals surface area contributed by atoms with Gasteiger partial charge >= 0.3 is 0 Å². The summed E-state index contributed by atoms with van der Waals surface area (Å²) in [6.45, 7) is 1.46. The summed E-state index contributed by atoms with van der Waals surface area (Å²) >= 11 is 7.26. The molecule has 0 aromatic carbocycles. The van der Waals surface area contributed by atoms with Crippen molar-refractivity contribution in [2.45, 2.75) is 13.0 Å². The fourth-order valence-corrected chi connectivity index (χ4v) is 2.73. The Balaban J connectivity index is 2.05. The largest absolute Gasteiger partial charge is 0.346 e. The van der Waals surface area contributed by atoms with Crippen molar-refractivity contribution in [3.05, 3.63) is 29.0 Å². The molecule has 1 aliphatic heterocycles. The second-order valence-corrected chi connectivity index (χ2v) is 5.33. The standard InChI is InChI=1S/C12H11ClN4OS/c13-10-2-1-9(7-15-10)8-17-5-6-19-12(17)16-11(18)3-4-14/h1-2,7H,3,5-6,8H2. The summed E-state index contributed by atoms with van der Waals surface area (Å²) in [6, 6.07) is 5.43. The summed E-state index contributed by atoms with van der Waals surface area (Å²) in [5.74, 6) is 0.491. The van der Waals surface area contributed by atoms with Crippen molar-refractivity contribution in [2.75, 3.05) is 12.3 Å². The highest BCUT2D eigenvalue weighted by Gasteiger charge is 2.20. The van der Waals surface area contributed by atoms with Crippen LogP contribution in [0.25, 0.3) is 0 Å². The normalized spacial score (nSPS) is 16.6. The first-order valence-corrected chi connectivity index (χ1v) is 7.02. The number of carbonyl (C=O) groups is 1. The number of nitrogens with zero attached hydrogens (tertiary/aromatic N) is 4. The number of carbonyl (C=O) groups excluding carboxylic acids is 1. The molecule has 1 fully saturated rings. The number of thioether (sulfide) groups is 1. The predicted octanol–water partition coefficient (Wildman–Crippen LogP) is 2.08. The van der Waals surface area contributed by atoms with E-state index in [4.69, 9.17) is 16.9 Å². The Hall–Kier alpha value is -1.58. The molecule has 0 N–H and O–H groups in total. The van der Waals surface area contributed by atoms with Gasteiger partial charge in [-0.1, -0.05) is 29.4 Å². The third kappa shape index (κ3) is 3.94. The maximum absolute atomic E-state index is 11.4. The molecule has 0 spiro atoms. The number of halogens is 1. The Bertz CT molecular complexity index is 538. The molecule has 0 bridgehead atoms. The molecule has 98 valence electrons. The third-order valence-corrected chi connectivity index (χ3v) is 3.69. The molecule has 0 saturated carbocycles. The number of nitriles is 1. The zero-order valence-electron chi connectivity index (χ0n) is 10.0. The zero-order chi connectivity index (χ0) is 13.7. The van der Waals surface area contributed by atoms with Gasteiger partial charge in [-0.15, -0.1) is 0 Å². The molecule has 0 atom stereocenters. The number of hydrogen-bond donors (Lipinski definition) is 0. The highest BCUT2D eigenvalue weighted by atomic mass is 35.5. The minimum Gasteiger partial charge on any atom is -0.346 e. The van der Waals surface area contributed by atoms with Gasteiger partial charge in [-0.3, -0.25) is 4.79 Å². The molecule has 0 aliphatic carbocycles. The average Bonchev–Trinajstić information content (AvgIpc) is 2.80. The Morgan fingerprint density at radius 1 is 1.63 bits per heavy atom. The molecule has 1 aromatic rings. The van der Waals surface area contributed by atoms with Crippen LogP contribution in [0.1, 0.15) is 12.0 Å². The molecule has 1 aliphatic rings. The lowest BCUT2D eigenvalue weighted by atomic mass is 10.3. The average molecular weight is 295 g/mol. The summed E-state index contributed by atoms with van der Waals surface area (Å²) in [7, 11) is 0. The Kier molecular flexibility index (Phi) is 4.77. The van der Waals surface area contributed by atoms with Crippen LogP contribution in [0.3, 0.4) is 0 Å². The monoisotopic (exact) mass is 294 g/mol. The Morgan fingerprint density at radius 3 is 3.16 bits per heavy atom.